The average molecular weight is 420 g/mol. The van der Waals surface area contributed by atoms with Gasteiger partial charge in [0, 0.05) is 22.9 Å². The lowest BCUT2D eigenvalue weighted by molar-refractivity contribution is 0.323. The van der Waals surface area contributed by atoms with Gasteiger partial charge < -0.3 is 20.7 Å². The molecule has 6 heteroatoms. The Kier molecular flexibility index (Phi) is 4.27. The van der Waals surface area contributed by atoms with Crippen molar-refractivity contribution >= 4 is 40.6 Å². The molecule has 0 fully saturated rings. The van der Waals surface area contributed by atoms with Gasteiger partial charge in [0.2, 0.25) is 0 Å². The van der Waals surface area contributed by atoms with E-state index in [0.717, 1.165) is 36.8 Å². The van der Waals surface area contributed by atoms with Crippen LogP contribution in [0.5, 0.6) is 5.75 Å². The normalized spacial score (nSPS) is 19.7. The number of ether oxygens (including phenoxy) is 1. The van der Waals surface area contributed by atoms with Crippen molar-refractivity contribution in [2.75, 3.05) is 35.6 Å². The van der Waals surface area contributed by atoms with E-state index in [1.807, 2.05) is 23.5 Å². The topological polar surface area (TPSA) is 45.3 Å². The highest BCUT2D eigenvalue weighted by Gasteiger charge is 2.26. The molecule has 29 heavy (non-hydrogen) atoms. The third-order valence-corrected chi connectivity index (χ3v) is 8.44. The highest BCUT2D eigenvalue weighted by atomic mass is 32.2. The monoisotopic (exact) mass is 419 g/mol. The van der Waals surface area contributed by atoms with Crippen LogP contribution in [0.4, 0.5) is 17.1 Å². The smallest absolute Gasteiger partial charge is 0.142 e. The summed E-state index contributed by atoms with van der Waals surface area (Å²) in [5.41, 5.74) is 6.03. The third-order valence-electron chi connectivity index (χ3n) is 5.54. The molecule has 0 spiro atoms. The Morgan fingerprint density at radius 1 is 0.793 bits per heavy atom. The lowest BCUT2D eigenvalue weighted by Crippen LogP contribution is -2.26. The number of nitrogens with one attached hydrogen (secondary N) is 3. The Bertz CT molecular complexity index is 1060. The Balaban J connectivity index is 1.22. The molecule has 1 atom stereocenters. The molecule has 0 aromatic heterocycles. The Morgan fingerprint density at radius 2 is 1.59 bits per heavy atom. The van der Waals surface area contributed by atoms with Crippen LogP contribution in [0.15, 0.2) is 70.5 Å². The molecule has 0 radical (unpaired) electrons. The highest BCUT2D eigenvalue weighted by molar-refractivity contribution is 8.18. The fourth-order valence-electron chi connectivity index (χ4n) is 4.04. The van der Waals surface area contributed by atoms with Gasteiger partial charge in [0.1, 0.15) is 12.4 Å². The van der Waals surface area contributed by atoms with Crippen molar-refractivity contribution in [1.82, 2.24) is 0 Å². The van der Waals surface area contributed by atoms with Gasteiger partial charge in [-0.2, -0.15) is 0 Å². The fraction of sp³-hybridized carbons (Fsp3) is 0.217. The molecule has 146 valence electrons. The molecule has 0 aliphatic carbocycles. The van der Waals surface area contributed by atoms with Gasteiger partial charge >= 0.3 is 0 Å². The molecule has 0 bridgehead atoms. The molecule has 3 aliphatic rings. The summed E-state index contributed by atoms with van der Waals surface area (Å²) in [6.45, 7) is 2.45. The summed E-state index contributed by atoms with van der Waals surface area (Å²) in [6.07, 6.45) is 0. The van der Waals surface area contributed by atoms with Gasteiger partial charge in [-0.3, -0.25) is 0 Å². The molecule has 3 heterocycles. The summed E-state index contributed by atoms with van der Waals surface area (Å²) in [5, 5.41) is 10.7. The second-order valence-corrected chi connectivity index (χ2v) is 10.0. The van der Waals surface area contributed by atoms with Crippen molar-refractivity contribution in [3.8, 4) is 5.75 Å². The van der Waals surface area contributed by atoms with E-state index >= 15 is 0 Å². The minimum atomic E-state index is 0.226. The van der Waals surface area contributed by atoms with E-state index in [9.17, 15) is 0 Å². The number of rotatable bonds is 2. The van der Waals surface area contributed by atoms with Crippen LogP contribution >= 0.6 is 23.5 Å². The summed E-state index contributed by atoms with van der Waals surface area (Å²) in [6, 6.07) is 22.1. The highest BCUT2D eigenvalue weighted by Crippen LogP contribution is 2.57. The first-order valence-corrected chi connectivity index (χ1v) is 11.7. The summed E-state index contributed by atoms with van der Waals surface area (Å²) >= 11 is 3.89. The zero-order chi connectivity index (χ0) is 19.2. The number of anilines is 3. The van der Waals surface area contributed by atoms with Crippen LogP contribution in [0.3, 0.4) is 0 Å². The maximum atomic E-state index is 5.81. The molecule has 0 amide bonds. The second-order valence-electron chi connectivity index (χ2n) is 7.43. The van der Waals surface area contributed by atoms with Crippen LogP contribution in [0.2, 0.25) is 0 Å². The van der Waals surface area contributed by atoms with Gasteiger partial charge in [-0.05, 0) is 47.5 Å². The fourth-order valence-corrected chi connectivity index (χ4v) is 6.85. The number of fused-ring (bicyclic) bond motifs is 3. The molecule has 4 nitrogen and oxygen atoms in total. The predicted octanol–water partition coefficient (Wildman–Crippen LogP) is 5.97. The van der Waals surface area contributed by atoms with Crippen LogP contribution in [0.1, 0.15) is 21.8 Å². The minimum Gasteiger partial charge on any atom is -0.490 e. The molecule has 3 aromatic carbocycles. The molecule has 3 aromatic rings. The van der Waals surface area contributed by atoms with Crippen LogP contribution in [-0.4, -0.2) is 19.7 Å². The Morgan fingerprint density at radius 3 is 2.45 bits per heavy atom. The minimum absolute atomic E-state index is 0.226. The lowest BCUT2D eigenvalue weighted by Gasteiger charge is -2.30. The Labute approximate surface area is 178 Å². The van der Waals surface area contributed by atoms with Gasteiger partial charge in [0.25, 0.3) is 0 Å². The van der Waals surface area contributed by atoms with E-state index in [1.54, 1.807) is 0 Å². The van der Waals surface area contributed by atoms with Crippen molar-refractivity contribution in [2.45, 2.75) is 20.4 Å². The summed E-state index contributed by atoms with van der Waals surface area (Å²) in [4.78, 5) is 2.77. The maximum absolute atomic E-state index is 5.81. The molecular formula is C23H21N3OS2. The lowest BCUT2D eigenvalue weighted by atomic mass is 10.0. The van der Waals surface area contributed by atoms with Gasteiger partial charge in [-0.1, -0.05) is 24.3 Å². The van der Waals surface area contributed by atoms with E-state index in [0.29, 0.717) is 4.58 Å². The number of benzene rings is 3. The third kappa shape index (κ3) is 3.20. The molecule has 0 saturated carbocycles. The first-order valence-electron chi connectivity index (χ1n) is 9.91. The van der Waals surface area contributed by atoms with Crippen molar-refractivity contribution in [1.29, 1.82) is 0 Å². The summed E-state index contributed by atoms with van der Waals surface area (Å²) in [5.74, 6) is 0.951. The number of hydrogen-bond acceptors (Lipinski definition) is 6. The maximum Gasteiger partial charge on any atom is 0.142 e. The van der Waals surface area contributed by atoms with Gasteiger partial charge in [0.15, 0.2) is 0 Å². The van der Waals surface area contributed by atoms with Crippen LogP contribution in [0, 0.1) is 0 Å². The standard InChI is InChI=1S/C23H21N3OS2/c1-2-4-22-21(3-1)28-23(29-22)15-6-7-16-18(11-15)25-13-19(26-16)14-5-8-17-20(12-14)27-10-9-24-17/h1-8,11-12,19,23-26H,9-10,13H2. The van der Waals surface area contributed by atoms with E-state index in [1.165, 1.54) is 26.6 Å². The van der Waals surface area contributed by atoms with Crippen molar-refractivity contribution in [2.24, 2.45) is 0 Å². The van der Waals surface area contributed by atoms with E-state index in [2.05, 4.69) is 76.6 Å². The van der Waals surface area contributed by atoms with Gasteiger partial charge in [-0.25, -0.2) is 0 Å². The van der Waals surface area contributed by atoms with E-state index in [-0.39, 0.29) is 6.04 Å². The predicted molar refractivity (Wildman–Crippen MR) is 123 cm³/mol. The first-order chi connectivity index (χ1) is 14.3. The summed E-state index contributed by atoms with van der Waals surface area (Å²) in [7, 11) is 0. The van der Waals surface area contributed by atoms with Crippen molar-refractivity contribution in [3.05, 3.63) is 71.8 Å². The molecule has 1 unspecified atom stereocenters. The van der Waals surface area contributed by atoms with Crippen LogP contribution in [0.25, 0.3) is 0 Å². The number of hydrogen-bond donors (Lipinski definition) is 3. The quantitative estimate of drug-likeness (QED) is 0.476. The van der Waals surface area contributed by atoms with Gasteiger partial charge in [0.05, 0.1) is 27.7 Å². The molecular weight excluding hydrogens is 398 g/mol. The molecule has 3 N–H and O–H groups in total. The Hall–Kier alpha value is -2.44. The summed E-state index contributed by atoms with van der Waals surface area (Å²) < 4.78 is 6.23. The van der Waals surface area contributed by atoms with Crippen LogP contribution in [-0.2, 0) is 0 Å². The molecule has 3 aliphatic heterocycles. The zero-order valence-electron chi connectivity index (χ0n) is 15.8. The van der Waals surface area contributed by atoms with Crippen molar-refractivity contribution < 1.29 is 4.74 Å². The second kappa shape index (κ2) is 7.11. The average Bonchev–Trinajstić information content (AvgIpc) is 3.22. The van der Waals surface area contributed by atoms with E-state index < -0.39 is 0 Å². The zero-order valence-corrected chi connectivity index (χ0v) is 17.4. The SMILES string of the molecule is c1ccc2c(c1)SC(c1ccc3c(c1)NCC(c1ccc4c(c1)OCCN4)N3)S2. The van der Waals surface area contributed by atoms with Gasteiger partial charge in [-0.15, -0.1) is 23.5 Å². The molecule has 0 saturated heterocycles. The largest absolute Gasteiger partial charge is 0.490 e. The van der Waals surface area contributed by atoms with Crippen molar-refractivity contribution in [3.63, 3.8) is 0 Å². The van der Waals surface area contributed by atoms with Crippen LogP contribution < -0.4 is 20.7 Å². The number of thioether (sulfide) groups is 2. The molecule has 6 rings (SSSR count). The van der Waals surface area contributed by atoms with E-state index in [4.69, 9.17) is 4.74 Å². The first kappa shape index (κ1) is 17.4.